The largest absolute Gasteiger partial charge is 0.477 e. The number of fused-ring (bicyclic) bond motifs is 2. The Morgan fingerprint density at radius 2 is 1.18 bits per heavy atom. The highest BCUT2D eigenvalue weighted by molar-refractivity contribution is 6.33. The number of H-pyrrole nitrogens is 2. The number of nitrogens with zero attached hydrogens (tertiary/aromatic N) is 10. The van der Waals surface area contributed by atoms with Gasteiger partial charge in [0.25, 0.3) is 11.8 Å². The molecule has 8 aromatic rings. The van der Waals surface area contributed by atoms with E-state index in [-0.39, 0.29) is 25.0 Å². The number of methoxy groups -OCH3 is 4. The average Bonchev–Trinajstić information content (AvgIpc) is 3.88. The third kappa shape index (κ3) is 7.80. The van der Waals surface area contributed by atoms with Crippen molar-refractivity contribution in [2.45, 2.75) is 39.9 Å². The summed E-state index contributed by atoms with van der Waals surface area (Å²) in [6.07, 6.45) is 7.98. The lowest BCUT2D eigenvalue weighted by molar-refractivity contribution is 0.176. The second-order valence-corrected chi connectivity index (χ2v) is 13.7. The predicted molar refractivity (Wildman–Crippen MR) is 224 cm³/mol. The number of ether oxygens (including phenoxy) is 4. The first kappa shape index (κ1) is 41.6. The van der Waals surface area contributed by atoms with Crippen LogP contribution in [0.2, 0.25) is 10.0 Å². The summed E-state index contributed by atoms with van der Waals surface area (Å²) in [5.74, 6) is 2.75. The monoisotopic (exact) mass is 852 g/mol. The fourth-order valence-corrected chi connectivity index (χ4v) is 7.40. The number of nitrogens with one attached hydrogen (secondary N) is 2. The Balaban J connectivity index is 0.000000182. The zero-order valence-electron chi connectivity index (χ0n) is 33.3. The van der Waals surface area contributed by atoms with Crippen molar-refractivity contribution in [2.24, 2.45) is 0 Å². The van der Waals surface area contributed by atoms with Gasteiger partial charge in [-0.1, -0.05) is 37.0 Å². The molecule has 0 saturated carbocycles. The van der Waals surface area contributed by atoms with Crippen LogP contribution in [0.5, 0.6) is 11.8 Å². The van der Waals surface area contributed by atoms with Gasteiger partial charge in [-0.25, -0.2) is 9.97 Å². The molecule has 6 aromatic heterocycles. The lowest BCUT2D eigenvalue weighted by Crippen LogP contribution is -2.29. The van der Waals surface area contributed by atoms with E-state index in [1.165, 1.54) is 14.2 Å². The van der Waals surface area contributed by atoms with Crippen molar-refractivity contribution in [1.82, 2.24) is 59.4 Å². The second kappa shape index (κ2) is 18.1. The lowest BCUT2D eigenvalue weighted by Gasteiger charge is -2.18. The summed E-state index contributed by atoms with van der Waals surface area (Å²) in [5.41, 5.74) is 4.93. The molecule has 0 aliphatic rings. The highest BCUT2D eigenvalue weighted by Crippen LogP contribution is 2.38. The zero-order chi connectivity index (χ0) is 42.5. The summed E-state index contributed by atoms with van der Waals surface area (Å²) in [6.45, 7) is 4.39. The van der Waals surface area contributed by atoms with Crippen molar-refractivity contribution < 1.29 is 18.9 Å². The Kier molecular flexibility index (Phi) is 12.6. The maximum Gasteiger partial charge on any atom is 0.314 e. The van der Waals surface area contributed by atoms with Crippen LogP contribution in [0.1, 0.15) is 36.6 Å². The van der Waals surface area contributed by atoms with Gasteiger partial charge in [-0.3, -0.25) is 28.7 Å². The summed E-state index contributed by atoms with van der Waals surface area (Å²) < 4.78 is 25.1. The molecule has 20 heteroatoms. The molecule has 18 nitrogen and oxygen atoms in total. The Morgan fingerprint density at radius 1 is 0.667 bits per heavy atom. The fourth-order valence-electron chi connectivity index (χ4n) is 6.75. The van der Waals surface area contributed by atoms with Crippen molar-refractivity contribution in [1.29, 1.82) is 0 Å². The number of benzene rings is 2. The Hall–Kier alpha value is -6.60. The topological polar surface area (TPSA) is 216 Å². The van der Waals surface area contributed by atoms with Crippen LogP contribution in [0.3, 0.4) is 0 Å². The number of hydrogen-bond acceptors (Lipinski definition) is 14. The summed E-state index contributed by atoms with van der Waals surface area (Å²) in [6, 6.07) is 10.8. The molecule has 0 amide bonds. The van der Waals surface area contributed by atoms with Crippen LogP contribution >= 0.6 is 23.2 Å². The highest BCUT2D eigenvalue weighted by atomic mass is 35.5. The number of aromatic nitrogens is 12. The summed E-state index contributed by atoms with van der Waals surface area (Å²) in [5, 5.41) is 18.4. The van der Waals surface area contributed by atoms with Crippen molar-refractivity contribution in [2.75, 3.05) is 28.4 Å². The van der Waals surface area contributed by atoms with Crippen LogP contribution < -0.4 is 20.6 Å². The Labute approximate surface area is 351 Å². The van der Waals surface area contributed by atoms with E-state index in [0.717, 1.165) is 22.3 Å². The van der Waals surface area contributed by atoms with Gasteiger partial charge in [0.2, 0.25) is 0 Å². The van der Waals surface area contributed by atoms with Gasteiger partial charge >= 0.3 is 11.1 Å². The van der Waals surface area contributed by atoms with Gasteiger partial charge < -0.3 is 28.9 Å². The smallest absolute Gasteiger partial charge is 0.314 e. The third-order valence-electron chi connectivity index (χ3n) is 9.35. The number of halogens is 2. The van der Waals surface area contributed by atoms with Gasteiger partial charge in [0, 0.05) is 60.2 Å². The molecular weight excluding hydrogens is 815 g/mol. The molecule has 6 heterocycles. The molecule has 0 aliphatic heterocycles. The first-order valence-corrected chi connectivity index (χ1v) is 19.2. The van der Waals surface area contributed by atoms with Gasteiger partial charge in [0.05, 0.1) is 42.1 Å². The lowest BCUT2D eigenvalue weighted by atomic mass is 10.1. The SMILES string of the molecule is CCc1c(Cl)cc2[nH]c(=O)c(=O)[nH]c2c1-n1c(COC)nnc1-c1cccnc1.CCc1c(Cl)cc2nc(OC)c(OC)nc2c1-n1c(COC)nnc1-c1cccnc1. The molecule has 0 radical (unpaired) electrons. The molecule has 2 aromatic carbocycles. The molecule has 8 rings (SSSR count). The van der Waals surface area contributed by atoms with Crippen LogP contribution in [-0.4, -0.2) is 87.9 Å². The van der Waals surface area contributed by atoms with Crippen molar-refractivity contribution >= 4 is 45.3 Å². The first-order valence-electron chi connectivity index (χ1n) is 18.4. The van der Waals surface area contributed by atoms with Gasteiger partial charge in [0.15, 0.2) is 23.3 Å². The molecule has 0 atom stereocenters. The predicted octanol–water partition coefficient (Wildman–Crippen LogP) is 5.87. The fraction of sp³-hybridized carbons (Fsp3) is 0.250. The number of hydrogen-bond donors (Lipinski definition) is 2. The molecule has 308 valence electrons. The van der Waals surface area contributed by atoms with Gasteiger partial charge in [-0.05, 0) is 60.4 Å². The van der Waals surface area contributed by atoms with E-state index in [1.807, 2.05) is 36.6 Å². The minimum absolute atomic E-state index is 0.179. The quantitative estimate of drug-likeness (QED) is 0.138. The van der Waals surface area contributed by atoms with Gasteiger partial charge in [-0.15, -0.1) is 20.4 Å². The van der Waals surface area contributed by atoms with E-state index >= 15 is 0 Å². The average molecular weight is 854 g/mol. The van der Waals surface area contributed by atoms with Crippen LogP contribution in [0, 0.1) is 0 Å². The Bertz CT molecular complexity index is 2940. The summed E-state index contributed by atoms with van der Waals surface area (Å²) >= 11 is 13.2. The van der Waals surface area contributed by atoms with Gasteiger partial charge in [0.1, 0.15) is 18.7 Å². The van der Waals surface area contributed by atoms with E-state index in [0.29, 0.717) is 79.6 Å². The van der Waals surface area contributed by atoms with Crippen LogP contribution in [-0.2, 0) is 35.5 Å². The maximum absolute atomic E-state index is 12.1. The highest BCUT2D eigenvalue weighted by Gasteiger charge is 2.26. The van der Waals surface area contributed by atoms with Gasteiger partial charge in [-0.2, -0.15) is 0 Å². The zero-order valence-corrected chi connectivity index (χ0v) is 34.8. The molecule has 2 N–H and O–H groups in total. The normalized spacial score (nSPS) is 11.2. The molecule has 0 aliphatic carbocycles. The summed E-state index contributed by atoms with van der Waals surface area (Å²) in [7, 11) is 6.19. The van der Waals surface area contributed by atoms with E-state index in [4.69, 9.17) is 47.1 Å². The minimum Gasteiger partial charge on any atom is -0.477 e. The van der Waals surface area contributed by atoms with Crippen LogP contribution in [0.25, 0.3) is 56.2 Å². The molecule has 0 spiro atoms. The van der Waals surface area contributed by atoms with E-state index in [1.54, 1.807) is 61.8 Å². The van der Waals surface area contributed by atoms with E-state index in [2.05, 4.69) is 45.3 Å². The van der Waals surface area contributed by atoms with Crippen molar-refractivity contribution in [3.05, 3.63) is 115 Å². The second-order valence-electron chi connectivity index (χ2n) is 12.9. The molecular formula is C40H38Cl2N12O6. The molecule has 0 fully saturated rings. The molecule has 0 bridgehead atoms. The van der Waals surface area contributed by atoms with E-state index in [9.17, 15) is 9.59 Å². The Morgan fingerprint density at radius 3 is 1.70 bits per heavy atom. The minimum atomic E-state index is -0.757. The number of rotatable bonds is 12. The number of aromatic amines is 2. The van der Waals surface area contributed by atoms with Crippen molar-refractivity contribution in [3.63, 3.8) is 0 Å². The van der Waals surface area contributed by atoms with Crippen LogP contribution in [0.15, 0.2) is 70.8 Å². The molecule has 0 unspecified atom stereocenters. The third-order valence-corrected chi connectivity index (χ3v) is 10.0. The summed E-state index contributed by atoms with van der Waals surface area (Å²) in [4.78, 5) is 46.8. The van der Waals surface area contributed by atoms with E-state index < -0.39 is 11.1 Å². The van der Waals surface area contributed by atoms with Crippen molar-refractivity contribution in [3.8, 4) is 45.9 Å². The first-order chi connectivity index (χ1) is 29.2. The molecule has 60 heavy (non-hydrogen) atoms. The number of pyridine rings is 2. The molecule has 0 saturated heterocycles. The van der Waals surface area contributed by atoms with Crippen LogP contribution in [0.4, 0.5) is 0 Å². The maximum atomic E-state index is 12.1. The standard InChI is InChI=1S/C21H21ClN6O3.C19H17ClN6O3/c1-5-13-14(22)9-15-17(25-21(31-4)20(24-15)30-3)18(13)28-16(11-29-2)26-27-19(28)12-7-6-8-23-10-12;1-3-11-12(20)7-13-15(23-19(28)18(27)22-13)16(11)26-14(9-29-2)24-25-17(26)10-5-4-6-21-8-10/h6-10H,5,11H2,1-4H3;4-8H,3,9H2,1-2H3,(H,22,27)(H,23,28).